The number of fused-ring (bicyclic) bond motifs is 7. The van der Waals surface area contributed by atoms with Crippen LogP contribution in [0.5, 0.6) is 0 Å². The minimum atomic E-state index is -0.430. The van der Waals surface area contributed by atoms with E-state index >= 15 is 0 Å². The van der Waals surface area contributed by atoms with Gasteiger partial charge in [-0.3, -0.25) is 4.79 Å². The SMILES string of the molecule is CC1(C)CC[C@]2(C(=O)OCc3ccccc3)CC[C@]3(C)C(=CC[C@@H]4[C@@]5(C)CC[C@H](OC(=O)[n+]6ccccc6)C(C)(C)[C@@H]5CC[C@]43C)[C@@H]2C1. The van der Waals surface area contributed by atoms with Crippen LogP contribution in [0.4, 0.5) is 4.79 Å². The molecule has 5 aliphatic carbocycles. The summed E-state index contributed by atoms with van der Waals surface area (Å²) >= 11 is 0. The van der Waals surface area contributed by atoms with Gasteiger partial charge in [0.1, 0.15) is 12.7 Å². The molecule has 4 saturated carbocycles. The Morgan fingerprint density at radius 3 is 2.21 bits per heavy atom. The maximum Gasteiger partial charge on any atom is 0.602 e. The molecule has 0 aliphatic heterocycles. The number of carbonyl (C=O) groups excluding carboxylic acids is 2. The van der Waals surface area contributed by atoms with Crippen LogP contribution < -0.4 is 4.57 Å². The Hall–Kier alpha value is -2.95. The molecule has 0 unspecified atom stereocenters. The second kappa shape index (κ2) is 11.6. The molecule has 0 radical (unpaired) electrons. The first-order valence-electron chi connectivity index (χ1n) is 18.8. The number of allylic oxidation sites excluding steroid dienone is 2. The van der Waals surface area contributed by atoms with E-state index in [2.05, 4.69) is 54.5 Å². The summed E-state index contributed by atoms with van der Waals surface area (Å²) in [5.74, 6) is 1.28. The van der Waals surface area contributed by atoms with Crippen LogP contribution in [-0.2, 0) is 20.9 Å². The van der Waals surface area contributed by atoms with E-state index in [1.165, 1.54) is 6.42 Å². The Kier molecular flexibility index (Phi) is 8.08. The number of rotatable bonds is 4. The van der Waals surface area contributed by atoms with Gasteiger partial charge in [-0.05, 0) is 109 Å². The summed E-state index contributed by atoms with van der Waals surface area (Å²) in [6.45, 7) is 17.6. The van der Waals surface area contributed by atoms with Crippen molar-refractivity contribution in [2.75, 3.05) is 0 Å². The standard InChI is InChI=1S/C43H58NO4/c1-38(2)22-24-43(36(45)47-29-30-14-10-8-11-15-30)25-23-41(6)31(32(43)28-38)16-17-34-40(5)20-19-35(48-37(46)44-26-12-9-13-27-44)39(3,4)33(40)18-21-42(34,41)7/h8-16,26-27,32-35H,17-25,28-29H2,1-7H3/q+1/t32-,33-,34+,35-,40-,41+,42+,43-/m0/s1. The average molecular weight is 653 g/mol. The lowest BCUT2D eigenvalue weighted by Gasteiger charge is -2.71. The van der Waals surface area contributed by atoms with Gasteiger partial charge in [0.05, 0.1) is 5.41 Å². The molecule has 48 heavy (non-hydrogen) atoms. The molecular formula is C43H58NO4+. The molecule has 0 spiro atoms. The first-order valence-corrected chi connectivity index (χ1v) is 18.8. The molecule has 5 aliphatic rings. The van der Waals surface area contributed by atoms with Gasteiger partial charge in [-0.1, -0.05) is 101 Å². The van der Waals surface area contributed by atoms with E-state index in [4.69, 9.17) is 9.47 Å². The van der Waals surface area contributed by atoms with Gasteiger partial charge >= 0.3 is 12.1 Å². The molecule has 0 amide bonds. The fraction of sp³-hybridized carbons (Fsp3) is 0.651. The van der Waals surface area contributed by atoms with Crippen LogP contribution >= 0.6 is 0 Å². The Morgan fingerprint density at radius 2 is 1.48 bits per heavy atom. The van der Waals surface area contributed by atoms with Gasteiger partial charge in [-0.25, -0.2) is 0 Å². The zero-order valence-electron chi connectivity index (χ0n) is 30.5. The first-order chi connectivity index (χ1) is 22.7. The molecule has 2 aromatic rings. The fourth-order valence-corrected chi connectivity index (χ4v) is 12.4. The monoisotopic (exact) mass is 652 g/mol. The van der Waals surface area contributed by atoms with Crippen molar-refractivity contribution in [2.45, 2.75) is 125 Å². The lowest BCUT2D eigenvalue weighted by molar-refractivity contribution is -0.588. The van der Waals surface area contributed by atoms with E-state index in [0.29, 0.717) is 18.4 Å². The third kappa shape index (κ3) is 5.03. The van der Waals surface area contributed by atoms with Gasteiger partial charge in [0.2, 0.25) is 0 Å². The average Bonchev–Trinajstić information content (AvgIpc) is 3.06. The topological polar surface area (TPSA) is 56.5 Å². The van der Waals surface area contributed by atoms with E-state index in [1.807, 2.05) is 48.5 Å². The van der Waals surface area contributed by atoms with Crippen molar-refractivity contribution >= 4 is 12.1 Å². The van der Waals surface area contributed by atoms with Crippen LogP contribution in [0.1, 0.15) is 118 Å². The summed E-state index contributed by atoms with van der Waals surface area (Å²) in [6, 6.07) is 15.8. The molecule has 5 nitrogen and oxygen atoms in total. The number of aromatic nitrogens is 1. The highest BCUT2D eigenvalue weighted by Gasteiger charge is 2.69. The van der Waals surface area contributed by atoms with E-state index in [-0.39, 0.29) is 51.2 Å². The van der Waals surface area contributed by atoms with Gasteiger partial charge in [0.15, 0.2) is 12.4 Å². The molecule has 258 valence electrons. The van der Waals surface area contributed by atoms with E-state index < -0.39 is 5.41 Å². The molecule has 7 rings (SSSR count). The Labute approximate surface area is 288 Å². The number of carbonyl (C=O) groups is 2. The van der Waals surface area contributed by atoms with E-state index in [1.54, 1.807) is 22.5 Å². The smallest absolute Gasteiger partial charge is 0.460 e. The number of nitrogens with zero attached hydrogens (tertiary/aromatic N) is 1. The normalized spacial score (nSPS) is 39.4. The number of esters is 1. The van der Waals surface area contributed by atoms with Gasteiger partial charge in [-0.15, -0.1) is 0 Å². The molecule has 0 N–H and O–H groups in total. The van der Waals surface area contributed by atoms with Crippen LogP contribution in [0.2, 0.25) is 0 Å². The van der Waals surface area contributed by atoms with Crippen molar-refractivity contribution < 1.29 is 23.6 Å². The molecule has 4 fully saturated rings. The van der Waals surface area contributed by atoms with Crippen molar-refractivity contribution in [1.82, 2.24) is 0 Å². The predicted molar refractivity (Wildman–Crippen MR) is 188 cm³/mol. The molecule has 0 saturated heterocycles. The van der Waals surface area contributed by atoms with Crippen LogP contribution in [0.3, 0.4) is 0 Å². The summed E-state index contributed by atoms with van der Waals surface area (Å²) in [4.78, 5) is 27.5. The highest BCUT2D eigenvalue weighted by molar-refractivity contribution is 5.79. The molecule has 5 heteroatoms. The number of hydrogen-bond acceptors (Lipinski definition) is 4. The zero-order valence-corrected chi connectivity index (χ0v) is 30.5. The van der Waals surface area contributed by atoms with Gasteiger partial charge in [0.25, 0.3) is 0 Å². The van der Waals surface area contributed by atoms with Crippen molar-refractivity contribution in [1.29, 1.82) is 0 Å². The van der Waals surface area contributed by atoms with Crippen LogP contribution in [0.15, 0.2) is 72.6 Å². The molecule has 1 aromatic carbocycles. The van der Waals surface area contributed by atoms with Crippen molar-refractivity contribution in [3.8, 4) is 0 Å². The second-order valence-electron chi connectivity index (χ2n) is 18.4. The maximum atomic E-state index is 14.3. The molecule has 8 atom stereocenters. The number of benzene rings is 1. The Balaban J connectivity index is 1.18. The second-order valence-corrected chi connectivity index (χ2v) is 18.4. The third-order valence-corrected chi connectivity index (χ3v) is 15.4. The molecule has 1 heterocycles. The highest BCUT2D eigenvalue weighted by atomic mass is 16.6. The summed E-state index contributed by atoms with van der Waals surface area (Å²) in [6.07, 6.45) is 16.1. The van der Waals surface area contributed by atoms with E-state index in [0.717, 1.165) is 63.4 Å². The van der Waals surface area contributed by atoms with Crippen LogP contribution in [0.25, 0.3) is 0 Å². The zero-order chi connectivity index (χ0) is 34.2. The first kappa shape index (κ1) is 33.5. The number of hydrogen-bond donors (Lipinski definition) is 0. The summed E-state index contributed by atoms with van der Waals surface area (Å²) in [5, 5.41) is 0. The minimum absolute atomic E-state index is 0.0287. The van der Waals surface area contributed by atoms with Gasteiger partial charge in [-0.2, -0.15) is 4.79 Å². The summed E-state index contributed by atoms with van der Waals surface area (Å²) in [7, 11) is 0. The van der Waals surface area contributed by atoms with Crippen LogP contribution in [0, 0.1) is 50.2 Å². The van der Waals surface area contributed by atoms with Crippen molar-refractivity contribution in [3.63, 3.8) is 0 Å². The molecular weight excluding hydrogens is 594 g/mol. The van der Waals surface area contributed by atoms with Gasteiger partial charge in [0, 0.05) is 17.5 Å². The molecule has 1 aromatic heterocycles. The Bertz CT molecular complexity index is 1580. The maximum absolute atomic E-state index is 14.3. The number of pyridine rings is 1. The summed E-state index contributed by atoms with van der Waals surface area (Å²) < 4.78 is 14.1. The third-order valence-electron chi connectivity index (χ3n) is 15.4. The summed E-state index contributed by atoms with van der Waals surface area (Å²) in [5.41, 5.74) is 2.61. The minimum Gasteiger partial charge on any atom is -0.460 e. The van der Waals surface area contributed by atoms with Crippen LogP contribution in [-0.4, -0.2) is 18.2 Å². The fourth-order valence-electron chi connectivity index (χ4n) is 12.4. The molecule has 0 bridgehead atoms. The van der Waals surface area contributed by atoms with Crippen molar-refractivity contribution in [2.24, 2.45) is 50.2 Å². The Morgan fingerprint density at radius 1 is 0.792 bits per heavy atom. The highest BCUT2D eigenvalue weighted by Crippen LogP contribution is 2.76. The lowest BCUT2D eigenvalue weighted by Crippen LogP contribution is -2.65. The number of ether oxygens (including phenoxy) is 2. The van der Waals surface area contributed by atoms with Gasteiger partial charge < -0.3 is 9.47 Å². The predicted octanol–water partition coefficient (Wildman–Crippen LogP) is 9.87. The van der Waals surface area contributed by atoms with E-state index in [9.17, 15) is 9.59 Å². The van der Waals surface area contributed by atoms with Crippen molar-refractivity contribution in [3.05, 3.63) is 78.1 Å². The largest absolute Gasteiger partial charge is 0.602 e. The quantitative estimate of drug-likeness (QED) is 0.187. The lowest BCUT2D eigenvalue weighted by atomic mass is 9.33.